The van der Waals surface area contributed by atoms with Crippen LogP contribution in [0, 0.1) is 25.2 Å². The first-order valence-electron chi connectivity index (χ1n) is 11.2. The van der Waals surface area contributed by atoms with Gasteiger partial charge in [0.05, 0.1) is 17.8 Å². The lowest BCUT2D eigenvalue weighted by Crippen LogP contribution is -1.94. The van der Waals surface area contributed by atoms with Crippen LogP contribution in [-0.4, -0.2) is 10.2 Å². The number of halogens is 1. The fourth-order valence-electron chi connectivity index (χ4n) is 4.43. The van der Waals surface area contributed by atoms with Gasteiger partial charge in [-0.3, -0.25) is 5.10 Å². The standard InChI is InChI=1S/C28H28FN3/c1-6-7-20-13-18(4)27(24(29)14-20)22-15-23-26(16-25(22)30-5)31-32-28(23)21-10-8-19(9-11-21)12-17(2)3/h8-11,13-17H,6-7,12H2,1-4H3,(H,31,32). The average molecular weight is 426 g/mol. The highest BCUT2D eigenvalue weighted by Gasteiger charge is 2.18. The van der Waals surface area contributed by atoms with Gasteiger partial charge in [0, 0.05) is 16.5 Å². The molecule has 0 unspecified atom stereocenters. The van der Waals surface area contributed by atoms with E-state index in [0.29, 0.717) is 22.7 Å². The Balaban J connectivity index is 1.85. The van der Waals surface area contributed by atoms with E-state index in [-0.39, 0.29) is 5.82 Å². The van der Waals surface area contributed by atoms with Gasteiger partial charge < -0.3 is 0 Å². The van der Waals surface area contributed by atoms with E-state index in [1.165, 1.54) is 5.56 Å². The van der Waals surface area contributed by atoms with E-state index < -0.39 is 0 Å². The largest absolute Gasteiger partial charge is 0.278 e. The molecular formula is C28H28FN3. The quantitative estimate of drug-likeness (QED) is 0.311. The van der Waals surface area contributed by atoms with E-state index in [1.54, 1.807) is 12.1 Å². The number of hydrogen-bond donors (Lipinski definition) is 1. The molecule has 1 heterocycles. The van der Waals surface area contributed by atoms with Crippen molar-refractivity contribution in [1.29, 1.82) is 0 Å². The van der Waals surface area contributed by atoms with Crippen LogP contribution in [0.15, 0.2) is 48.5 Å². The number of nitrogens with one attached hydrogen (secondary N) is 1. The van der Waals surface area contributed by atoms with Crippen molar-refractivity contribution in [3.8, 4) is 22.4 Å². The lowest BCUT2D eigenvalue weighted by Gasteiger charge is -2.13. The second-order valence-corrected chi connectivity index (χ2v) is 8.91. The molecular weight excluding hydrogens is 397 g/mol. The van der Waals surface area contributed by atoms with Gasteiger partial charge in [0.1, 0.15) is 5.82 Å². The molecule has 3 aromatic carbocycles. The van der Waals surface area contributed by atoms with Crippen molar-refractivity contribution in [3.05, 3.63) is 82.5 Å². The number of aryl methyl sites for hydroxylation is 2. The molecule has 0 aliphatic heterocycles. The highest BCUT2D eigenvalue weighted by Crippen LogP contribution is 2.40. The van der Waals surface area contributed by atoms with Gasteiger partial charge >= 0.3 is 0 Å². The van der Waals surface area contributed by atoms with E-state index in [9.17, 15) is 0 Å². The maximum atomic E-state index is 15.2. The van der Waals surface area contributed by atoms with Gasteiger partial charge in [-0.1, -0.05) is 63.6 Å². The highest BCUT2D eigenvalue weighted by molar-refractivity contribution is 6.00. The summed E-state index contributed by atoms with van der Waals surface area (Å²) in [7, 11) is 0. The Morgan fingerprint density at radius 2 is 1.81 bits per heavy atom. The third-order valence-electron chi connectivity index (χ3n) is 5.83. The zero-order chi connectivity index (χ0) is 22.8. The first-order chi connectivity index (χ1) is 15.4. The molecule has 4 rings (SSSR count). The minimum absolute atomic E-state index is 0.277. The van der Waals surface area contributed by atoms with Crippen LogP contribution in [0.5, 0.6) is 0 Å². The Morgan fingerprint density at radius 1 is 1.06 bits per heavy atom. The van der Waals surface area contributed by atoms with Crippen molar-refractivity contribution in [2.75, 3.05) is 0 Å². The first kappa shape index (κ1) is 21.8. The van der Waals surface area contributed by atoms with Crippen LogP contribution in [-0.2, 0) is 12.8 Å². The fraction of sp³-hybridized carbons (Fsp3) is 0.286. The van der Waals surface area contributed by atoms with Gasteiger partial charge in [-0.2, -0.15) is 5.10 Å². The molecule has 0 aliphatic carbocycles. The van der Waals surface area contributed by atoms with Gasteiger partial charge in [0.25, 0.3) is 0 Å². The summed E-state index contributed by atoms with van der Waals surface area (Å²) in [6, 6.07) is 15.8. The molecule has 0 saturated carbocycles. The normalized spacial score (nSPS) is 11.3. The highest BCUT2D eigenvalue weighted by atomic mass is 19.1. The van der Waals surface area contributed by atoms with Gasteiger partial charge in [-0.05, 0) is 60.1 Å². The molecule has 4 aromatic rings. The van der Waals surface area contributed by atoms with Crippen molar-refractivity contribution in [2.24, 2.45) is 5.92 Å². The average Bonchev–Trinajstić information content (AvgIpc) is 3.16. The van der Waals surface area contributed by atoms with Crippen molar-refractivity contribution in [1.82, 2.24) is 10.2 Å². The molecule has 3 nitrogen and oxygen atoms in total. The lowest BCUT2D eigenvalue weighted by molar-refractivity contribution is 0.627. The fourth-order valence-corrected chi connectivity index (χ4v) is 4.43. The zero-order valence-corrected chi connectivity index (χ0v) is 19.1. The number of rotatable bonds is 6. The number of hydrogen-bond acceptors (Lipinski definition) is 1. The summed E-state index contributed by atoms with van der Waals surface area (Å²) in [4.78, 5) is 3.69. The predicted molar refractivity (Wildman–Crippen MR) is 130 cm³/mol. The van der Waals surface area contributed by atoms with Crippen molar-refractivity contribution < 1.29 is 4.39 Å². The summed E-state index contributed by atoms with van der Waals surface area (Å²) in [6.45, 7) is 16.1. The number of H-pyrrole nitrogens is 1. The first-order valence-corrected chi connectivity index (χ1v) is 11.2. The Kier molecular flexibility index (Phi) is 6.10. The summed E-state index contributed by atoms with van der Waals surface area (Å²) in [5, 5.41) is 8.47. The number of aromatic amines is 1. The number of aromatic nitrogens is 2. The van der Waals surface area contributed by atoms with Crippen molar-refractivity contribution >= 4 is 16.6 Å². The van der Waals surface area contributed by atoms with E-state index in [0.717, 1.165) is 52.5 Å². The van der Waals surface area contributed by atoms with E-state index >= 15 is 4.39 Å². The summed E-state index contributed by atoms with van der Waals surface area (Å²) >= 11 is 0. The zero-order valence-electron chi connectivity index (χ0n) is 19.1. The third-order valence-corrected chi connectivity index (χ3v) is 5.83. The minimum Gasteiger partial charge on any atom is -0.278 e. The van der Waals surface area contributed by atoms with Crippen LogP contribution < -0.4 is 0 Å². The molecule has 0 saturated heterocycles. The minimum atomic E-state index is -0.277. The molecule has 0 bridgehead atoms. The molecule has 0 radical (unpaired) electrons. The second-order valence-electron chi connectivity index (χ2n) is 8.91. The van der Waals surface area contributed by atoms with Gasteiger partial charge in [-0.15, -0.1) is 0 Å². The monoisotopic (exact) mass is 425 g/mol. The van der Waals surface area contributed by atoms with Gasteiger partial charge in [0.2, 0.25) is 0 Å². The van der Waals surface area contributed by atoms with Crippen LogP contribution in [0.4, 0.5) is 10.1 Å². The Morgan fingerprint density at radius 3 is 2.44 bits per heavy atom. The van der Waals surface area contributed by atoms with Crippen LogP contribution in [0.1, 0.15) is 43.9 Å². The summed E-state index contributed by atoms with van der Waals surface area (Å²) < 4.78 is 15.2. The SMILES string of the molecule is [C-]#[N+]c1cc2[nH]nc(-c3ccc(CC(C)C)cc3)c2cc1-c1c(C)cc(CCC)cc1F. The predicted octanol–water partition coefficient (Wildman–Crippen LogP) is 8.05. The van der Waals surface area contributed by atoms with Crippen LogP contribution in [0.25, 0.3) is 38.1 Å². The summed E-state index contributed by atoms with van der Waals surface area (Å²) in [5.41, 5.74) is 7.26. The topological polar surface area (TPSA) is 33.0 Å². The van der Waals surface area contributed by atoms with Gasteiger partial charge in [-0.25, -0.2) is 9.24 Å². The number of fused-ring (bicyclic) bond motifs is 1. The molecule has 4 heteroatoms. The Hall–Kier alpha value is -3.45. The smallest absolute Gasteiger partial charge is 0.197 e. The summed E-state index contributed by atoms with van der Waals surface area (Å²) in [5.74, 6) is 0.323. The molecule has 0 amide bonds. The van der Waals surface area contributed by atoms with E-state index in [4.69, 9.17) is 6.57 Å². The van der Waals surface area contributed by atoms with Gasteiger partial charge in [0.15, 0.2) is 5.69 Å². The van der Waals surface area contributed by atoms with Crippen molar-refractivity contribution in [2.45, 2.75) is 47.0 Å². The van der Waals surface area contributed by atoms with Crippen LogP contribution in [0.2, 0.25) is 0 Å². The third kappa shape index (κ3) is 4.16. The second kappa shape index (κ2) is 8.96. The molecule has 0 aliphatic rings. The molecule has 1 aromatic heterocycles. The molecule has 32 heavy (non-hydrogen) atoms. The summed E-state index contributed by atoms with van der Waals surface area (Å²) in [6.07, 6.45) is 2.84. The van der Waals surface area contributed by atoms with Crippen LogP contribution in [0.3, 0.4) is 0 Å². The Bertz CT molecular complexity index is 1280. The molecule has 1 N–H and O–H groups in total. The van der Waals surface area contributed by atoms with Crippen LogP contribution >= 0.6 is 0 Å². The van der Waals surface area contributed by atoms with E-state index in [2.05, 4.69) is 60.1 Å². The number of nitrogens with zero attached hydrogens (tertiary/aromatic N) is 2. The molecule has 0 fully saturated rings. The maximum Gasteiger partial charge on any atom is 0.197 e. The molecule has 162 valence electrons. The van der Waals surface area contributed by atoms with Crippen molar-refractivity contribution in [3.63, 3.8) is 0 Å². The molecule has 0 atom stereocenters. The number of benzene rings is 3. The Labute approximate surface area is 189 Å². The van der Waals surface area contributed by atoms with E-state index in [1.807, 2.05) is 19.1 Å². The maximum absolute atomic E-state index is 15.2. The molecule has 0 spiro atoms. The lowest BCUT2D eigenvalue weighted by atomic mass is 9.93.